The number of aromatic nitrogens is 1. The number of Topliss-reactive ketones (excluding diaryl/α,β-unsaturated/α-hetero) is 1. The Morgan fingerprint density at radius 1 is 1.10 bits per heavy atom. The molecule has 7 nitrogen and oxygen atoms in total. The molecule has 0 aliphatic carbocycles. The highest BCUT2D eigenvalue weighted by molar-refractivity contribution is 6.06. The largest absolute Gasteiger partial charge is 0.497 e. The lowest BCUT2D eigenvalue weighted by molar-refractivity contribution is 0.0513. The smallest absolute Gasteiger partial charge is 0.355 e. The molecule has 0 saturated heterocycles. The zero-order chi connectivity index (χ0) is 22.6. The minimum Gasteiger partial charge on any atom is -0.497 e. The van der Waals surface area contributed by atoms with E-state index in [0.29, 0.717) is 33.8 Å². The molecule has 0 atom stereocenters. The van der Waals surface area contributed by atoms with E-state index < -0.39 is 5.97 Å². The average molecular weight is 415 g/mol. The number of rotatable bonds is 8. The summed E-state index contributed by atoms with van der Waals surface area (Å²) in [6, 6.07) is 6.60. The number of hydrogen-bond acceptors (Lipinski definition) is 5. The van der Waals surface area contributed by atoms with Crippen molar-refractivity contribution in [3.05, 3.63) is 52.3 Å². The molecule has 1 heterocycles. The highest BCUT2D eigenvalue weighted by Gasteiger charge is 2.28. The van der Waals surface area contributed by atoms with E-state index in [-0.39, 0.29) is 30.9 Å². The Labute approximate surface area is 177 Å². The average Bonchev–Trinajstić information content (AvgIpc) is 2.94. The molecule has 162 valence electrons. The van der Waals surface area contributed by atoms with Gasteiger partial charge in [0.2, 0.25) is 0 Å². The van der Waals surface area contributed by atoms with Gasteiger partial charge in [-0.1, -0.05) is 0 Å². The standard InChI is InChI=1S/C23H30N2O5/c1-8-30-23(28)21-15(4)20(16(5)24(21)6)19(26)13-25(14(2)3)22(27)17-9-11-18(29-7)12-10-17/h9-12,14H,8,13H2,1-7H3. The lowest BCUT2D eigenvalue weighted by atomic mass is 10.0. The Morgan fingerprint density at radius 3 is 2.20 bits per heavy atom. The van der Waals surface area contributed by atoms with Crippen molar-refractivity contribution >= 4 is 17.7 Å². The first kappa shape index (κ1) is 23.2. The predicted molar refractivity (Wildman–Crippen MR) is 114 cm³/mol. The van der Waals surface area contributed by atoms with Crippen molar-refractivity contribution < 1.29 is 23.9 Å². The second-order valence-corrected chi connectivity index (χ2v) is 7.39. The summed E-state index contributed by atoms with van der Waals surface area (Å²) in [7, 11) is 3.29. The molecule has 0 N–H and O–H groups in total. The maximum Gasteiger partial charge on any atom is 0.355 e. The Balaban J connectivity index is 2.34. The third-order valence-electron chi connectivity index (χ3n) is 5.21. The van der Waals surface area contributed by atoms with Crippen molar-refractivity contribution in [1.82, 2.24) is 9.47 Å². The summed E-state index contributed by atoms with van der Waals surface area (Å²) in [6.07, 6.45) is 0. The fourth-order valence-electron chi connectivity index (χ4n) is 3.50. The molecule has 1 aromatic carbocycles. The molecule has 0 aliphatic rings. The molecule has 7 heteroatoms. The first-order valence-electron chi connectivity index (χ1n) is 9.95. The van der Waals surface area contributed by atoms with E-state index in [1.807, 2.05) is 13.8 Å². The molecule has 2 rings (SSSR count). The first-order chi connectivity index (χ1) is 14.1. The number of methoxy groups -OCH3 is 1. The van der Waals surface area contributed by atoms with Crippen LogP contribution in [0.4, 0.5) is 0 Å². The van der Waals surface area contributed by atoms with Gasteiger partial charge in [-0.05, 0) is 64.4 Å². The normalized spacial score (nSPS) is 10.8. The molecule has 0 aliphatic heterocycles. The number of amides is 1. The Kier molecular flexibility index (Phi) is 7.43. The van der Waals surface area contributed by atoms with Crippen molar-refractivity contribution in [2.75, 3.05) is 20.3 Å². The van der Waals surface area contributed by atoms with Crippen LogP contribution in [0.5, 0.6) is 5.75 Å². The van der Waals surface area contributed by atoms with Crippen LogP contribution in [0, 0.1) is 13.8 Å². The van der Waals surface area contributed by atoms with Crippen molar-refractivity contribution in [3.63, 3.8) is 0 Å². The Morgan fingerprint density at radius 2 is 1.70 bits per heavy atom. The zero-order valence-electron chi connectivity index (χ0n) is 18.7. The topological polar surface area (TPSA) is 77.8 Å². The molecule has 0 saturated carbocycles. The molecular formula is C23H30N2O5. The molecule has 30 heavy (non-hydrogen) atoms. The Hall–Kier alpha value is -3.09. The monoisotopic (exact) mass is 414 g/mol. The molecular weight excluding hydrogens is 384 g/mol. The van der Waals surface area contributed by atoms with E-state index in [9.17, 15) is 14.4 Å². The minimum absolute atomic E-state index is 0.0868. The van der Waals surface area contributed by atoms with Crippen molar-refractivity contribution in [2.45, 2.75) is 40.7 Å². The van der Waals surface area contributed by atoms with Crippen LogP contribution in [0.15, 0.2) is 24.3 Å². The van der Waals surface area contributed by atoms with Crippen LogP contribution in [-0.2, 0) is 11.8 Å². The fourth-order valence-corrected chi connectivity index (χ4v) is 3.50. The second kappa shape index (κ2) is 9.61. The summed E-state index contributed by atoms with van der Waals surface area (Å²) < 4.78 is 11.9. The number of ether oxygens (including phenoxy) is 2. The minimum atomic E-state index is -0.463. The third kappa shape index (κ3) is 4.56. The number of benzene rings is 1. The first-order valence-corrected chi connectivity index (χ1v) is 9.95. The number of carbonyl (C=O) groups is 3. The number of esters is 1. The van der Waals surface area contributed by atoms with Gasteiger partial charge in [-0.3, -0.25) is 9.59 Å². The van der Waals surface area contributed by atoms with Crippen LogP contribution in [0.3, 0.4) is 0 Å². The van der Waals surface area contributed by atoms with E-state index in [1.165, 1.54) is 4.90 Å². The highest BCUT2D eigenvalue weighted by atomic mass is 16.5. The molecule has 0 spiro atoms. The highest BCUT2D eigenvalue weighted by Crippen LogP contribution is 2.24. The van der Waals surface area contributed by atoms with Crippen LogP contribution in [0.25, 0.3) is 0 Å². The molecule has 0 bridgehead atoms. The number of carbonyl (C=O) groups excluding carboxylic acids is 3. The van der Waals surface area contributed by atoms with E-state index in [0.717, 1.165) is 0 Å². The van der Waals surface area contributed by atoms with Crippen LogP contribution in [0.1, 0.15) is 63.2 Å². The predicted octanol–water partition coefficient (Wildman–Crippen LogP) is 3.56. The van der Waals surface area contributed by atoms with Crippen molar-refractivity contribution in [2.24, 2.45) is 7.05 Å². The number of ketones is 1. The summed E-state index contributed by atoms with van der Waals surface area (Å²) in [5.74, 6) is -0.264. The molecule has 0 fully saturated rings. The summed E-state index contributed by atoms with van der Waals surface area (Å²) >= 11 is 0. The second-order valence-electron chi connectivity index (χ2n) is 7.39. The Bertz CT molecular complexity index is 941. The van der Waals surface area contributed by atoms with Crippen molar-refractivity contribution in [3.8, 4) is 5.75 Å². The number of nitrogens with zero attached hydrogens (tertiary/aromatic N) is 2. The summed E-state index contributed by atoms with van der Waals surface area (Å²) in [6.45, 7) is 9.15. The lowest BCUT2D eigenvalue weighted by Gasteiger charge is -2.26. The number of hydrogen-bond donors (Lipinski definition) is 0. The molecule has 2 aromatic rings. The molecule has 1 aromatic heterocycles. The van der Waals surface area contributed by atoms with Gasteiger partial charge in [-0.2, -0.15) is 0 Å². The van der Waals surface area contributed by atoms with Gasteiger partial charge in [0.25, 0.3) is 5.91 Å². The fraction of sp³-hybridized carbons (Fsp3) is 0.435. The van der Waals surface area contributed by atoms with Crippen LogP contribution >= 0.6 is 0 Å². The van der Waals surface area contributed by atoms with Crippen LogP contribution in [0.2, 0.25) is 0 Å². The van der Waals surface area contributed by atoms with Gasteiger partial charge in [0, 0.05) is 29.9 Å². The zero-order valence-corrected chi connectivity index (χ0v) is 18.7. The van der Waals surface area contributed by atoms with Gasteiger partial charge in [-0.15, -0.1) is 0 Å². The summed E-state index contributed by atoms with van der Waals surface area (Å²) in [4.78, 5) is 40.1. The summed E-state index contributed by atoms with van der Waals surface area (Å²) in [5.41, 5.74) is 2.52. The van der Waals surface area contributed by atoms with E-state index in [4.69, 9.17) is 9.47 Å². The van der Waals surface area contributed by atoms with Crippen LogP contribution in [-0.4, -0.2) is 53.4 Å². The third-order valence-corrected chi connectivity index (χ3v) is 5.21. The van der Waals surface area contributed by atoms with Gasteiger partial charge in [0.15, 0.2) is 5.78 Å². The van der Waals surface area contributed by atoms with Gasteiger partial charge in [0.1, 0.15) is 11.4 Å². The summed E-state index contributed by atoms with van der Waals surface area (Å²) in [5, 5.41) is 0. The lowest BCUT2D eigenvalue weighted by Crippen LogP contribution is -2.41. The maximum atomic E-state index is 13.2. The van der Waals surface area contributed by atoms with E-state index in [2.05, 4.69) is 0 Å². The van der Waals surface area contributed by atoms with Crippen molar-refractivity contribution in [1.29, 1.82) is 0 Å². The van der Waals surface area contributed by atoms with Gasteiger partial charge in [-0.25, -0.2) is 4.79 Å². The molecule has 0 unspecified atom stereocenters. The van der Waals surface area contributed by atoms with Gasteiger partial charge >= 0.3 is 5.97 Å². The van der Waals surface area contributed by atoms with E-state index in [1.54, 1.807) is 63.8 Å². The van der Waals surface area contributed by atoms with E-state index >= 15 is 0 Å². The van der Waals surface area contributed by atoms with Gasteiger partial charge in [0.05, 0.1) is 20.3 Å². The maximum absolute atomic E-state index is 13.2. The van der Waals surface area contributed by atoms with Gasteiger partial charge < -0.3 is 18.9 Å². The molecule has 0 radical (unpaired) electrons. The molecule has 1 amide bonds. The quantitative estimate of drug-likeness (QED) is 0.488. The SMILES string of the molecule is CCOC(=O)c1c(C)c(C(=O)CN(C(=O)c2ccc(OC)cc2)C(C)C)c(C)n1C. The van der Waals surface area contributed by atoms with Crippen LogP contribution < -0.4 is 4.74 Å².